The molecule has 4 rings (SSSR count). The van der Waals surface area contributed by atoms with E-state index in [9.17, 15) is 4.79 Å². The van der Waals surface area contributed by atoms with Crippen molar-refractivity contribution in [3.8, 4) is 0 Å². The van der Waals surface area contributed by atoms with Gasteiger partial charge >= 0.3 is 0 Å². The molecule has 0 N–H and O–H groups in total. The molecule has 0 spiro atoms. The second kappa shape index (κ2) is 4.36. The average Bonchev–Trinajstić information content (AvgIpc) is 2.91. The third-order valence-electron chi connectivity index (χ3n) is 5.31. The first-order valence-corrected chi connectivity index (χ1v) is 7.68. The Morgan fingerprint density at radius 3 is 2.53 bits per heavy atom. The lowest BCUT2D eigenvalue weighted by Crippen LogP contribution is -2.35. The van der Waals surface area contributed by atoms with Crippen molar-refractivity contribution >= 4 is 5.91 Å². The summed E-state index contributed by atoms with van der Waals surface area (Å²) in [7, 11) is 0. The number of amides is 1. The van der Waals surface area contributed by atoms with Gasteiger partial charge in [-0.3, -0.25) is 4.79 Å². The molecule has 100 valence electrons. The Morgan fingerprint density at radius 2 is 1.79 bits per heavy atom. The molecule has 2 heteroatoms. The Kier molecular flexibility index (Phi) is 2.64. The fourth-order valence-corrected chi connectivity index (χ4v) is 4.20. The van der Waals surface area contributed by atoms with Crippen molar-refractivity contribution in [1.29, 1.82) is 0 Å². The molecule has 19 heavy (non-hydrogen) atoms. The molecule has 1 saturated heterocycles. The number of hydrogen-bond donors (Lipinski definition) is 0. The Balaban J connectivity index is 1.51. The van der Waals surface area contributed by atoms with Gasteiger partial charge < -0.3 is 4.90 Å². The Bertz CT molecular complexity index is 473. The molecular weight excluding hydrogens is 234 g/mol. The minimum Gasteiger partial charge on any atom is -0.335 e. The Labute approximate surface area is 114 Å². The summed E-state index contributed by atoms with van der Waals surface area (Å²) >= 11 is 0. The van der Waals surface area contributed by atoms with E-state index < -0.39 is 0 Å². The Hall–Kier alpha value is -1.31. The standard InChI is InChI=1S/C17H21NO/c19-17(15-10-13-9-14(13)11-15)18-8-4-7-16(18)12-5-2-1-3-6-12/h1-3,5-6,13-16H,4,7-11H2. The molecule has 3 unspecified atom stereocenters. The van der Waals surface area contributed by atoms with Gasteiger partial charge in [-0.15, -0.1) is 0 Å². The van der Waals surface area contributed by atoms with Crippen molar-refractivity contribution in [2.24, 2.45) is 17.8 Å². The van der Waals surface area contributed by atoms with Crippen LogP contribution in [0.15, 0.2) is 30.3 Å². The van der Waals surface area contributed by atoms with Crippen molar-refractivity contribution in [2.45, 2.75) is 38.1 Å². The van der Waals surface area contributed by atoms with Gasteiger partial charge in [0.15, 0.2) is 0 Å². The number of hydrogen-bond acceptors (Lipinski definition) is 1. The lowest BCUT2D eigenvalue weighted by atomic mass is 9.99. The van der Waals surface area contributed by atoms with Gasteiger partial charge in [0, 0.05) is 12.5 Å². The second-order valence-corrected chi connectivity index (χ2v) is 6.52. The molecule has 2 aliphatic carbocycles. The summed E-state index contributed by atoms with van der Waals surface area (Å²) in [4.78, 5) is 14.9. The van der Waals surface area contributed by atoms with Crippen LogP contribution in [0.1, 0.15) is 43.7 Å². The van der Waals surface area contributed by atoms with Crippen molar-refractivity contribution in [2.75, 3.05) is 6.54 Å². The molecule has 0 radical (unpaired) electrons. The van der Waals surface area contributed by atoms with Crippen molar-refractivity contribution in [3.05, 3.63) is 35.9 Å². The van der Waals surface area contributed by atoms with E-state index in [0.717, 1.165) is 31.2 Å². The van der Waals surface area contributed by atoms with Crippen LogP contribution in [-0.4, -0.2) is 17.4 Å². The molecule has 1 amide bonds. The molecule has 3 aliphatic rings. The highest BCUT2D eigenvalue weighted by Gasteiger charge is 2.49. The van der Waals surface area contributed by atoms with Gasteiger partial charge in [-0.1, -0.05) is 30.3 Å². The highest BCUT2D eigenvalue weighted by molar-refractivity contribution is 5.80. The number of fused-ring (bicyclic) bond motifs is 1. The van der Waals surface area contributed by atoms with Crippen molar-refractivity contribution in [3.63, 3.8) is 0 Å². The van der Waals surface area contributed by atoms with Crippen LogP contribution in [0.2, 0.25) is 0 Å². The SMILES string of the molecule is O=C(C1CC2CC2C1)N1CCCC1c1ccccc1. The molecule has 0 aromatic heterocycles. The number of benzene rings is 1. The molecule has 1 aliphatic heterocycles. The summed E-state index contributed by atoms with van der Waals surface area (Å²) < 4.78 is 0. The summed E-state index contributed by atoms with van der Waals surface area (Å²) in [5.41, 5.74) is 1.32. The zero-order valence-electron chi connectivity index (χ0n) is 11.3. The lowest BCUT2D eigenvalue weighted by molar-refractivity contribution is -0.136. The predicted molar refractivity (Wildman–Crippen MR) is 74.5 cm³/mol. The van der Waals surface area contributed by atoms with E-state index in [1.807, 2.05) is 0 Å². The van der Waals surface area contributed by atoms with E-state index >= 15 is 0 Å². The molecule has 0 bridgehead atoms. The summed E-state index contributed by atoms with van der Waals surface area (Å²) in [6.45, 7) is 0.963. The minimum atomic E-state index is 0.339. The summed E-state index contributed by atoms with van der Waals surface area (Å²) in [5, 5.41) is 0. The van der Waals surface area contributed by atoms with Crippen LogP contribution in [0.25, 0.3) is 0 Å². The van der Waals surface area contributed by atoms with Crippen LogP contribution in [-0.2, 0) is 4.79 Å². The van der Waals surface area contributed by atoms with Crippen molar-refractivity contribution < 1.29 is 4.79 Å². The van der Waals surface area contributed by atoms with Gasteiger partial charge in [-0.2, -0.15) is 0 Å². The predicted octanol–water partition coefficient (Wildman–Crippen LogP) is 3.40. The first kappa shape index (κ1) is 11.5. The van der Waals surface area contributed by atoms with E-state index in [1.54, 1.807) is 0 Å². The third kappa shape index (κ3) is 1.98. The number of nitrogens with zero attached hydrogens (tertiary/aromatic N) is 1. The van der Waals surface area contributed by atoms with E-state index in [0.29, 0.717) is 17.9 Å². The second-order valence-electron chi connectivity index (χ2n) is 6.52. The molecule has 1 aromatic carbocycles. The summed E-state index contributed by atoms with van der Waals surface area (Å²) in [6.07, 6.45) is 6.02. The lowest BCUT2D eigenvalue weighted by Gasteiger charge is -2.28. The summed E-state index contributed by atoms with van der Waals surface area (Å²) in [6, 6.07) is 10.9. The topological polar surface area (TPSA) is 20.3 Å². The van der Waals surface area contributed by atoms with Crippen molar-refractivity contribution in [1.82, 2.24) is 4.90 Å². The maximum Gasteiger partial charge on any atom is 0.226 e. The maximum absolute atomic E-state index is 12.7. The molecular formula is C17H21NO. The van der Waals surface area contributed by atoms with Crippen LogP contribution in [0, 0.1) is 17.8 Å². The zero-order valence-corrected chi connectivity index (χ0v) is 11.3. The fraction of sp³-hybridized carbons (Fsp3) is 0.588. The van der Waals surface area contributed by atoms with E-state index in [4.69, 9.17) is 0 Å². The quantitative estimate of drug-likeness (QED) is 0.793. The monoisotopic (exact) mass is 255 g/mol. The number of carbonyl (C=O) groups is 1. The van der Waals surface area contributed by atoms with Gasteiger partial charge in [0.1, 0.15) is 0 Å². The summed E-state index contributed by atoms with van der Waals surface area (Å²) in [5.74, 6) is 2.57. The first-order chi connectivity index (χ1) is 9.33. The normalized spacial score (nSPS) is 36.3. The Morgan fingerprint density at radius 1 is 1.05 bits per heavy atom. The smallest absolute Gasteiger partial charge is 0.226 e. The van der Waals surface area contributed by atoms with Gasteiger partial charge in [0.2, 0.25) is 5.91 Å². The highest BCUT2D eigenvalue weighted by Crippen LogP contribution is 2.55. The average molecular weight is 255 g/mol. The van der Waals surface area contributed by atoms with Gasteiger partial charge in [0.05, 0.1) is 6.04 Å². The number of likely N-dealkylation sites (tertiary alicyclic amines) is 1. The number of carbonyl (C=O) groups excluding carboxylic acids is 1. The van der Waals surface area contributed by atoms with E-state index in [-0.39, 0.29) is 0 Å². The molecule has 1 heterocycles. The minimum absolute atomic E-state index is 0.339. The molecule has 2 saturated carbocycles. The maximum atomic E-state index is 12.7. The highest BCUT2D eigenvalue weighted by atomic mass is 16.2. The first-order valence-electron chi connectivity index (χ1n) is 7.68. The van der Waals surface area contributed by atoms with Crippen LogP contribution in [0.3, 0.4) is 0 Å². The van der Waals surface area contributed by atoms with Crippen LogP contribution >= 0.6 is 0 Å². The molecule has 2 nitrogen and oxygen atoms in total. The molecule has 3 atom stereocenters. The molecule has 1 aromatic rings. The van der Waals surface area contributed by atoms with Gasteiger partial charge in [0.25, 0.3) is 0 Å². The van der Waals surface area contributed by atoms with E-state index in [1.165, 1.54) is 24.8 Å². The fourth-order valence-electron chi connectivity index (χ4n) is 4.20. The van der Waals surface area contributed by atoms with Gasteiger partial charge in [-0.05, 0) is 49.5 Å². The largest absolute Gasteiger partial charge is 0.335 e. The van der Waals surface area contributed by atoms with Gasteiger partial charge in [-0.25, -0.2) is 0 Å². The molecule has 3 fully saturated rings. The third-order valence-corrected chi connectivity index (χ3v) is 5.31. The zero-order chi connectivity index (χ0) is 12.8. The van der Waals surface area contributed by atoms with E-state index in [2.05, 4.69) is 35.2 Å². The van der Waals surface area contributed by atoms with Crippen LogP contribution < -0.4 is 0 Å². The van der Waals surface area contributed by atoms with Crippen LogP contribution in [0.4, 0.5) is 0 Å². The number of rotatable bonds is 2. The van der Waals surface area contributed by atoms with Crippen LogP contribution in [0.5, 0.6) is 0 Å².